The highest BCUT2D eigenvalue weighted by Gasteiger charge is 2.12. The smallest absolute Gasteiger partial charge is 0.0391 e. The van der Waals surface area contributed by atoms with Gasteiger partial charge in [-0.15, -0.1) is 0 Å². The Hall–Kier alpha value is 0. The predicted octanol–water partition coefficient (Wildman–Crippen LogP) is 6.59. The fourth-order valence-electron chi connectivity index (χ4n) is 2.76. The molecule has 0 N–H and O–H groups in total. The van der Waals surface area contributed by atoms with E-state index >= 15 is 0 Å². The Morgan fingerprint density at radius 1 is 0.647 bits per heavy atom. The van der Waals surface area contributed by atoms with Gasteiger partial charge in [0.25, 0.3) is 0 Å². The van der Waals surface area contributed by atoms with E-state index in [2.05, 4.69) is 27.7 Å². The van der Waals surface area contributed by atoms with E-state index < -0.39 is 0 Å². The highest BCUT2D eigenvalue weighted by molar-refractivity contribution is 4.64. The Bertz CT molecular complexity index is 139. The summed E-state index contributed by atoms with van der Waals surface area (Å²) in [5, 5.41) is 0. The van der Waals surface area contributed by atoms with Crippen molar-refractivity contribution < 1.29 is 0 Å². The van der Waals surface area contributed by atoms with Crippen LogP contribution in [0.3, 0.4) is 0 Å². The van der Waals surface area contributed by atoms with Crippen molar-refractivity contribution in [1.29, 1.82) is 0 Å². The van der Waals surface area contributed by atoms with Gasteiger partial charge in [0.2, 0.25) is 0 Å². The van der Waals surface area contributed by atoms with Gasteiger partial charge in [0.15, 0.2) is 0 Å². The summed E-state index contributed by atoms with van der Waals surface area (Å²) in [6, 6.07) is 0. The van der Waals surface area contributed by atoms with Gasteiger partial charge in [-0.2, -0.15) is 0 Å². The molecule has 0 aliphatic heterocycles. The first-order valence-electron chi connectivity index (χ1n) is 8.26. The van der Waals surface area contributed by atoms with Gasteiger partial charge in [-0.1, -0.05) is 98.3 Å². The van der Waals surface area contributed by atoms with Crippen LogP contribution in [0.4, 0.5) is 0 Å². The fourth-order valence-corrected chi connectivity index (χ4v) is 2.76. The monoisotopic (exact) mass is 240 g/mol. The molecule has 0 aromatic heterocycles. The molecule has 0 radical (unpaired) electrons. The summed E-state index contributed by atoms with van der Waals surface area (Å²) in [7, 11) is 0. The van der Waals surface area contributed by atoms with E-state index in [0.29, 0.717) is 0 Å². The molecular formula is C17H36. The first-order valence-corrected chi connectivity index (χ1v) is 8.26. The van der Waals surface area contributed by atoms with Gasteiger partial charge in [-0.05, 0) is 11.8 Å². The summed E-state index contributed by atoms with van der Waals surface area (Å²) >= 11 is 0. The van der Waals surface area contributed by atoms with E-state index in [4.69, 9.17) is 0 Å². The molecule has 0 bridgehead atoms. The molecule has 0 heterocycles. The van der Waals surface area contributed by atoms with Gasteiger partial charge in [0.05, 0.1) is 0 Å². The SMILES string of the molecule is CCCCCCCCCCC(CC)C(C)CC. The number of unbranched alkanes of at least 4 members (excludes halogenated alkanes) is 7. The van der Waals surface area contributed by atoms with Crippen LogP contribution in [0.25, 0.3) is 0 Å². The summed E-state index contributed by atoms with van der Waals surface area (Å²) in [6.07, 6.45) is 15.8. The third-order valence-corrected chi connectivity index (χ3v) is 4.40. The van der Waals surface area contributed by atoms with E-state index in [9.17, 15) is 0 Å². The van der Waals surface area contributed by atoms with Crippen molar-refractivity contribution >= 4 is 0 Å². The predicted molar refractivity (Wildman–Crippen MR) is 80.5 cm³/mol. The summed E-state index contributed by atoms with van der Waals surface area (Å²) in [5.74, 6) is 1.92. The topological polar surface area (TPSA) is 0 Å². The van der Waals surface area contributed by atoms with Crippen molar-refractivity contribution in [2.75, 3.05) is 0 Å². The average Bonchev–Trinajstić information content (AvgIpc) is 2.36. The zero-order valence-corrected chi connectivity index (χ0v) is 12.9. The average molecular weight is 240 g/mol. The van der Waals surface area contributed by atoms with E-state index in [0.717, 1.165) is 11.8 Å². The van der Waals surface area contributed by atoms with Crippen LogP contribution < -0.4 is 0 Å². The van der Waals surface area contributed by atoms with Gasteiger partial charge >= 0.3 is 0 Å². The van der Waals surface area contributed by atoms with Crippen molar-refractivity contribution in [3.05, 3.63) is 0 Å². The maximum absolute atomic E-state index is 2.43. The number of rotatable bonds is 12. The van der Waals surface area contributed by atoms with Crippen LogP contribution in [0.1, 0.15) is 98.3 Å². The third kappa shape index (κ3) is 9.68. The fraction of sp³-hybridized carbons (Fsp3) is 1.00. The zero-order chi connectivity index (χ0) is 12.9. The lowest BCUT2D eigenvalue weighted by Gasteiger charge is -2.21. The molecule has 0 aromatic rings. The Kier molecular flexibility index (Phi) is 12.5. The molecule has 0 nitrogen and oxygen atoms in total. The normalized spacial score (nSPS) is 14.8. The van der Waals surface area contributed by atoms with Crippen molar-refractivity contribution in [2.45, 2.75) is 98.3 Å². The first-order chi connectivity index (χ1) is 8.26. The molecule has 0 saturated heterocycles. The Morgan fingerprint density at radius 2 is 1.18 bits per heavy atom. The molecule has 104 valence electrons. The van der Waals surface area contributed by atoms with Gasteiger partial charge in [-0.3, -0.25) is 0 Å². The minimum atomic E-state index is 0.935. The lowest BCUT2D eigenvalue weighted by Crippen LogP contribution is -2.09. The molecule has 0 aliphatic carbocycles. The molecule has 0 spiro atoms. The third-order valence-electron chi connectivity index (χ3n) is 4.40. The van der Waals surface area contributed by atoms with Crippen LogP contribution in [0.2, 0.25) is 0 Å². The van der Waals surface area contributed by atoms with Crippen molar-refractivity contribution in [3.63, 3.8) is 0 Å². The Morgan fingerprint density at radius 3 is 1.65 bits per heavy atom. The molecular weight excluding hydrogens is 204 g/mol. The van der Waals surface area contributed by atoms with Gasteiger partial charge < -0.3 is 0 Å². The minimum Gasteiger partial charge on any atom is -0.0654 e. The van der Waals surface area contributed by atoms with Crippen molar-refractivity contribution in [1.82, 2.24) is 0 Å². The van der Waals surface area contributed by atoms with Crippen molar-refractivity contribution in [2.24, 2.45) is 11.8 Å². The quantitative estimate of drug-likeness (QED) is 0.338. The number of hydrogen-bond acceptors (Lipinski definition) is 0. The number of hydrogen-bond donors (Lipinski definition) is 0. The Balaban J connectivity index is 3.31. The highest BCUT2D eigenvalue weighted by atomic mass is 14.2. The van der Waals surface area contributed by atoms with Crippen LogP contribution in [0, 0.1) is 11.8 Å². The lowest BCUT2D eigenvalue weighted by atomic mass is 9.85. The highest BCUT2D eigenvalue weighted by Crippen LogP contribution is 2.24. The molecule has 0 amide bonds. The van der Waals surface area contributed by atoms with Crippen LogP contribution in [-0.2, 0) is 0 Å². The molecule has 17 heavy (non-hydrogen) atoms. The molecule has 0 aliphatic rings. The van der Waals surface area contributed by atoms with Crippen LogP contribution in [-0.4, -0.2) is 0 Å². The molecule has 2 atom stereocenters. The molecule has 0 saturated carbocycles. The lowest BCUT2D eigenvalue weighted by molar-refractivity contribution is 0.307. The van der Waals surface area contributed by atoms with E-state index in [1.54, 1.807) is 0 Å². The van der Waals surface area contributed by atoms with Gasteiger partial charge in [-0.25, -0.2) is 0 Å². The zero-order valence-electron chi connectivity index (χ0n) is 12.9. The van der Waals surface area contributed by atoms with Gasteiger partial charge in [0, 0.05) is 0 Å². The second kappa shape index (κ2) is 12.5. The van der Waals surface area contributed by atoms with Gasteiger partial charge in [0.1, 0.15) is 0 Å². The standard InChI is InChI=1S/C17H36/c1-5-8-9-10-11-12-13-14-15-17(7-3)16(4)6-2/h16-17H,5-15H2,1-4H3. The summed E-state index contributed by atoms with van der Waals surface area (Å²) in [4.78, 5) is 0. The molecule has 0 fully saturated rings. The molecule has 2 unspecified atom stereocenters. The maximum atomic E-state index is 2.43. The second-order valence-corrected chi connectivity index (χ2v) is 5.82. The summed E-state index contributed by atoms with van der Waals surface area (Å²) in [6.45, 7) is 9.42. The largest absolute Gasteiger partial charge is 0.0654 e. The maximum Gasteiger partial charge on any atom is -0.0391 e. The minimum absolute atomic E-state index is 0.935. The molecule has 0 heteroatoms. The molecule has 0 aromatic carbocycles. The van der Waals surface area contributed by atoms with E-state index in [-0.39, 0.29) is 0 Å². The Labute approximate surface area is 111 Å². The van der Waals surface area contributed by atoms with Crippen molar-refractivity contribution in [3.8, 4) is 0 Å². The van der Waals surface area contributed by atoms with Crippen LogP contribution in [0.5, 0.6) is 0 Å². The van der Waals surface area contributed by atoms with E-state index in [1.165, 1.54) is 70.6 Å². The summed E-state index contributed by atoms with van der Waals surface area (Å²) in [5.41, 5.74) is 0. The van der Waals surface area contributed by atoms with E-state index in [1.807, 2.05) is 0 Å². The van der Waals surface area contributed by atoms with Crippen LogP contribution >= 0.6 is 0 Å². The first kappa shape index (κ1) is 17.0. The molecule has 0 rings (SSSR count). The van der Waals surface area contributed by atoms with Crippen LogP contribution in [0.15, 0.2) is 0 Å². The summed E-state index contributed by atoms with van der Waals surface area (Å²) < 4.78 is 0. The second-order valence-electron chi connectivity index (χ2n) is 5.82.